The van der Waals surface area contributed by atoms with Crippen LogP contribution in [0.3, 0.4) is 0 Å². The minimum atomic E-state index is -0.308. The zero-order valence-electron chi connectivity index (χ0n) is 8.65. The number of halogens is 1. The van der Waals surface area contributed by atoms with E-state index in [-0.39, 0.29) is 5.24 Å². The molecule has 0 amide bonds. The standard InChI is InChI=1S/C13H11ClOS/c14-13(15)8-12-4-2-1-3-11(12)7-10-5-6-16-9-10/h1-6,9H,7-8H2. The largest absolute Gasteiger partial charge is 0.281 e. The Hall–Kier alpha value is -1.12. The molecule has 2 rings (SSSR count). The van der Waals surface area contributed by atoms with E-state index in [1.165, 1.54) is 11.1 Å². The van der Waals surface area contributed by atoms with Crippen LogP contribution in [-0.2, 0) is 17.6 Å². The fraction of sp³-hybridized carbons (Fsp3) is 0.154. The molecule has 0 saturated carbocycles. The van der Waals surface area contributed by atoms with Gasteiger partial charge in [-0.25, -0.2) is 0 Å². The molecule has 1 heterocycles. The van der Waals surface area contributed by atoms with Gasteiger partial charge in [0.15, 0.2) is 0 Å². The summed E-state index contributed by atoms with van der Waals surface area (Å²) >= 11 is 7.11. The minimum absolute atomic E-state index is 0.307. The summed E-state index contributed by atoms with van der Waals surface area (Å²) in [5.74, 6) is 0. The highest BCUT2D eigenvalue weighted by Gasteiger charge is 2.06. The maximum Gasteiger partial charge on any atom is 0.226 e. The second kappa shape index (κ2) is 5.28. The number of benzene rings is 1. The third-order valence-electron chi connectivity index (χ3n) is 2.42. The first kappa shape index (κ1) is 11.4. The molecular formula is C13H11ClOS. The lowest BCUT2D eigenvalue weighted by Gasteiger charge is -2.06. The van der Waals surface area contributed by atoms with Crippen LogP contribution in [0.2, 0.25) is 0 Å². The average Bonchev–Trinajstić information content (AvgIpc) is 2.73. The predicted octanol–water partition coefficient (Wildman–Crippen LogP) is 3.65. The molecular weight excluding hydrogens is 240 g/mol. The molecule has 0 fully saturated rings. The molecule has 0 atom stereocenters. The Balaban J connectivity index is 2.22. The van der Waals surface area contributed by atoms with Crippen molar-refractivity contribution < 1.29 is 4.79 Å². The molecule has 0 bridgehead atoms. The summed E-state index contributed by atoms with van der Waals surface area (Å²) in [4.78, 5) is 10.9. The molecule has 0 aliphatic rings. The summed E-state index contributed by atoms with van der Waals surface area (Å²) in [6, 6.07) is 10.0. The Morgan fingerprint density at radius 2 is 1.94 bits per heavy atom. The lowest BCUT2D eigenvalue weighted by molar-refractivity contribution is -0.111. The number of hydrogen-bond acceptors (Lipinski definition) is 2. The van der Waals surface area contributed by atoms with Crippen LogP contribution in [-0.4, -0.2) is 5.24 Å². The monoisotopic (exact) mass is 250 g/mol. The van der Waals surface area contributed by atoms with E-state index >= 15 is 0 Å². The van der Waals surface area contributed by atoms with Crippen molar-refractivity contribution in [3.05, 3.63) is 57.8 Å². The Morgan fingerprint density at radius 3 is 2.56 bits per heavy atom. The van der Waals surface area contributed by atoms with Crippen molar-refractivity contribution in [1.29, 1.82) is 0 Å². The van der Waals surface area contributed by atoms with Crippen molar-refractivity contribution in [3.8, 4) is 0 Å². The van der Waals surface area contributed by atoms with Gasteiger partial charge in [-0.2, -0.15) is 11.3 Å². The fourth-order valence-corrected chi connectivity index (χ4v) is 2.48. The molecule has 0 aliphatic carbocycles. The van der Waals surface area contributed by atoms with Crippen molar-refractivity contribution in [1.82, 2.24) is 0 Å². The van der Waals surface area contributed by atoms with Crippen molar-refractivity contribution in [2.45, 2.75) is 12.8 Å². The van der Waals surface area contributed by atoms with Gasteiger partial charge in [0.25, 0.3) is 0 Å². The molecule has 0 radical (unpaired) electrons. The summed E-state index contributed by atoms with van der Waals surface area (Å²) in [7, 11) is 0. The second-order valence-electron chi connectivity index (χ2n) is 3.61. The van der Waals surface area contributed by atoms with Gasteiger partial charge in [-0.05, 0) is 51.5 Å². The maximum absolute atomic E-state index is 10.9. The molecule has 0 N–H and O–H groups in total. The summed E-state index contributed by atoms with van der Waals surface area (Å²) in [6.45, 7) is 0. The fourth-order valence-electron chi connectivity index (χ4n) is 1.67. The molecule has 0 saturated heterocycles. The highest BCUT2D eigenvalue weighted by Crippen LogP contribution is 2.17. The van der Waals surface area contributed by atoms with Crippen molar-refractivity contribution in [3.63, 3.8) is 0 Å². The van der Waals surface area contributed by atoms with Crippen molar-refractivity contribution >= 4 is 28.2 Å². The number of carbonyl (C=O) groups excluding carboxylic acids is 1. The van der Waals surface area contributed by atoms with E-state index in [1.807, 2.05) is 24.3 Å². The van der Waals surface area contributed by atoms with Crippen LogP contribution in [0.5, 0.6) is 0 Å². The Bertz CT molecular complexity index is 476. The Morgan fingerprint density at radius 1 is 1.19 bits per heavy atom. The van der Waals surface area contributed by atoms with E-state index in [4.69, 9.17) is 11.6 Å². The summed E-state index contributed by atoms with van der Waals surface area (Å²) < 4.78 is 0. The first-order valence-electron chi connectivity index (χ1n) is 5.02. The molecule has 0 aliphatic heterocycles. The van der Waals surface area contributed by atoms with E-state index in [0.29, 0.717) is 6.42 Å². The number of hydrogen-bond donors (Lipinski definition) is 0. The van der Waals surface area contributed by atoms with E-state index in [2.05, 4.69) is 16.8 Å². The normalized spacial score (nSPS) is 10.3. The third kappa shape index (κ3) is 2.94. The molecule has 1 nitrogen and oxygen atoms in total. The molecule has 3 heteroatoms. The van der Waals surface area contributed by atoms with Gasteiger partial charge >= 0.3 is 0 Å². The van der Waals surface area contributed by atoms with Crippen LogP contribution in [0.25, 0.3) is 0 Å². The molecule has 16 heavy (non-hydrogen) atoms. The molecule has 1 aromatic carbocycles. The Kier molecular flexibility index (Phi) is 3.75. The number of carbonyl (C=O) groups is 1. The topological polar surface area (TPSA) is 17.1 Å². The smallest absolute Gasteiger partial charge is 0.226 e. The van der Waals surface area contributed by atoms with Crippen LogP contribution in [0.15, 0.2) is 41.1 Å². The third-order valence-corrected chi connectivity index (χ3v) is 3.29. The quantitative estimate of drug-likeness (QED) is 0.757. The lowest BCUT2D eigenvalue weighted by Crippen LogP contribution is -1.99. The molecule has 82 valence electrons. The van der Waals surface area contributed by atoms with Crippen LogP contribution in [0.4, 0.5) is 0 Å². The van der Waals surface area contributed by atoms with Gasteiger partial charge in [0.1, 0.15) is 0 Å². The highest BCUT2D eigenvalue weighted by atomic mass is 35.5. The summed E-state index contributed by atoms with van der Waals surface area (Å²) in [6.07, 6.45) is 1.17. The Labute approximate surface area is 104 Å². The van der Waals surface area contributed by atoms with Gasteiger partial charge in [-0.15, -0.1) is 0 Å². The van der Waals surface area contributed by atoms with Crippen molar-refractivity contribution in [2.24, 2.45) is 0 Å². The molecule has 1 aromatic heterocycles. The highest BCUT2D eigenvalue weighted by molar-refractivity contribution is 7.07. The van der Waals surface area contributed by atoms with Crippen molar-refractivity contribution in [2.75, 3.05) is 0 Å². The van der Waals surface area contributed by atoms with E-state index < -0.39 is 0 Å². The number of thiophene rings is 1. The first-order valence-corrected chi connectivity index (χ1v) is 6.34. The van der Waals surface area contributed by atoms with Gasteiger partial charge in [0, 0.05) is 6.42 Å². The van der Waals surface area contributed by atoms with Crippen LogP contribution in [0, 0.1) is 0 Å². The summed E-state index contributed by atoms with van der Waals surface area (Å²) in [5, 5.41) is 3.88. The molecule has 2 aromatic rings. The van der Waals surface area contributed by atoms with E-state index in [1.54, 1.807) is 11.3 Å². The molecule has 0 spiro atoms. The predicted molar refractivity (Wildman–Crippen MR) is 68.1 cm³/mol. The maximum atomic E-state index is 10.9. The zero-order valence-corrected chi connectivity index (χ0v) is 10.2. The van der Waals surface area contributed by atoms with Gasteiger partial charge in [-0.3, -0.25) is 4.79 Å². The zero-order chi connectivity index (χ0) is 11.4. The molecule has 0 unspecified atom stereocenters. The minimum Gasteiger partial charge on any atom is -0.281 e. The van der Waals surface area contributed by atoms with Crippen LogP contribution < -0.4 is 0 Å². The van der Waals surface area contributed by atoms with Gasteiger partial charge in [0.05, 0.1) is 0 Å². The van der Waals surface area contributed by atoms with E-state index in [0.717, 1.165) is 12.0 Å². The summed E-state index contributed by atoms with van der Waals surface area (Å²) in [5.41, 5.74) is 3.48. The van der Waals surface area contributed by atoms with E-state index in [9.17, 15) is 4.79 Å². The van der Waals surface area contributed by atoms with Crippen LogP contribution in [0.1, 0.15) is 16.7 Å². The van der Waals surface area contributed by atoms with Gasteiger partial charge < -0.3 is 0 Å². The lowest BCUT2D eigenvalue weighted by atomic mass is 10.00. The average molecular weight is 251 g/mol. The number of rotatable bonds is 4. The SMILES string of the molecule is O=C(Cl)Cc1ccccc1Cc1ccsc1. The first-order chi connectivity index (χ1) is 7.75. The van der Waals surface area contributed by atoms with Gasteiger partial charge in [0.2, 0.25) is 5.24 Å². The second-order valence-corrected chi connectivity index (χ2v) is 4.81. The van der Waals surface area contributed by atoms with Gasteiger partial charge in [-0.1, -0.05) is 24.3 Å². The van der Waals surface area contributed by atoms with Crippen LogP contribution >= 0.6 is 22.9 Å².